The van der Waals surface area contributed by atoms with E-state index in [1.165, 1.54) is 55.2 Å². The van der Waals surface area contributed by atoms with Crippen LogP contribution in [0.25, 0.3) is 11.1 Å². The molecule has 2 aliphatic rings. The van der Waals surface area contributed by atoms with Crippen molar-refractivity contribution in [2.75, 3.05) is 26.3 Å². The van der Waals surface area contributed by atoms with Crippen molar-refractivity contribution in [3.8, 4) is 11.1 Å². The molecule has 168 valence electrons. The number of benzene rings is 2. The molecule has 0 N–H and O–H groups in total. The van der Waals surface area contributed by atoms with E-state index in [0.29, 0.717) is 0 Å². The molecule has 2 heteroatoms. The van der Waals surface area contributed by atoms with Crippen LogP contribution in [0.3, 0.4) is 0 Å². The molecule has 1 saturated heterocycles. The van der Waals surface area contributed by atoms with Gasteiger partial charge in [-0.25, -0.2) is 0 Å². The number of hydrogen-bond donors (Lipinski definition) is 0. The summed E-state index contributed by atoms with van der Waals surface area (Å²) in [6.07, 6.45) is 8.73. The Morgan fingerprint density at radius 3 is 2.19 bits per heavy atom. The quantitative estimate of drug-likeness (QED) is 0.434. The largest absolute Gasteiger partial charge is 0.379 e. The molecule has 0 amide bonds. The zero-order valence-corrected chi connectivity index (χ0v) is 20.2. The van der Waals surface area contributed by atoms with Crippen LogP contribution in [0.5, 0.6) is 0 Å². The fourth-order valence-electron chi connectivity index (χ4n) is 6.01. The van der Waals surface area contributed by atoms with Crippen LogP contribution >= 0.6 is 0 Å². The average Bonchev–Trinajstić information content (AvgIpc) is 3.06. The highest BCUT2D eigenvalue weighted by molar-refractivity contribution is 5.81. The number of hydrogen-bond acceptors (Lipinski definition) is 2. The first-order valence-corrected chi connectivity index (χ1v) is 12.6. The lowest BCUT2D eigenvalue weighted by molar-refractivity contribution is -0.00985. The standard InChI is InChI=1S/C29H41NO/c1-5-7-15-29(16-8-6-2)26-12-10-9-11-24(26)25-14-13-23(21-27(25)29)22-28(3,4)30-17-19-31-20-18-30/h9-14,21H,5-8,15-20,22H2,1-4H3. The number of rotatable bonds is 9. The SMILES string of the molecule is CCCCC1(CCCC)c2ccccc2-c2ccc(CC(C)(C)N3CCOCC3)cc21. The zero-order valence-electron chi connectivity index (χ0n) is 20.2. The normalized spacial score (nSPS) is 18.1. The van der Waals surface area contributed by atoms with E-state index in [1.54, 1.807) is 11.1 Å². The molecular formula is C29H41NO. The number of fused-ring (bicyclic) bond motifs is 3. The lowest BCUT2D eigenvalue weighted by atomic mass is 9.70. The molecule has 0 spiro atoms. The summed E-state index contributed by atoms with van der Waals surface area (Å²) in [4.78, 5) is 2.61. The first-order valence-electron chi connectivity index (χ1n) is 12.6. The fourth-order valence-corrected chi connectivity index (χ4v) is 6.01. The Hall–Kier alpha value is -1.64. The first kappa shape index (κ1) is 22.6. The molecule has 1 aliphatic carbocycles. The lowest BCUT2D eigenvalue weighted by Crippen LogP contribution is -2.51. The van der Waals surface area contributed by atoms with Gasteiger partial charge in [-0.1, -0.05) is 82.0 Å². The van der Waals surface area contributed by atoms with Crippen molar-refractivity contribution in [3.63, 3.8) is 0 Å². The third-order valence-corrected chi connectivity index (χ3v) is 7.75. The summed E-state index contributed by atoms with van der Waals surface area (Å²) in [6.45, 7) is 13.3. The van der Waals surface area contributed by atoms with Crippen molar-refractivity contribution in [1.29, 1.82) is 0 Å². The predicted molar refractivity (Wildman–Crippen MR) is 132 cm³/mol. The summed E-state index contributed by atoms with van der Waals surface area (Å²) < 4.78 is 5.60. The van der Waals surface area contributed by atoms with Crippen LogP contribution in [0, 0.1) is 0 Å². The smallest absolute Gasteiger partial charge is 0.0594 e. The van der Waals surface area contributed by atoms with Crippen molar-refractivity contribution in [3.05, 3.63) is 59.2 Å². The summed E-state index contributed by atoms with van der Waals surface area (Å²) in [6, 6.07) is 16.6. The summed E-state index contributed by atoms with van der Waals surface area (Å²) in [7, 11) is 0. The maximum Gasteiger partial charge on any atom is 0.0594 e. The van der Waals surface area contributed by atoms with Gasteiger partial charge < -0.3 is 4.74 Å². The van der Waals surface area contributed by atoms with Crippen molar-refractivity contribution in [2.45, 2.75) is 83.6 Å². The van der Waals surface area contributed by atoms with Gasteiger partial charge in [-0.3, -0.25) is 4.90 Å². The third kappa shape index (κ3) is 4.34. The number of morpholine rings is 1. The van der Waals surface area contributed by atoms with Gasteiger partial charge in [0.05, 0.1) is 13.2 Å². The third-order valence-electron chi connectivity index (χ3n) is 7.75. The molecule has 0 aromatic heterocycles. The molecule has 0 radical (unpaired) electrons. The molecule has 0 saturated carbocycles. The molecule has 2 aromatic carbocycles. The minimum atomic E-state index is 0.152. The molecule has 0 atom stereocenters. The van der Waals surface area contributed by atoms with Crippen LogP contribution in [-0.2, 0) is 16.6 Å². The summed E-state index contributed by atoms with van der Waals surface area (Å²) >= 11 is 0. The minimum Gasteiger partial charge on any atom is -0.379 e. The van der Waals surface area contributed by atoms with E-state index in [9.17, 15) is 0 Å². The molecule has 1 fully saturated rings. The van der Waals surface area contributed by atoms with Crippen LogP contribution in [0.2, 0.25) is 0 Å². The van der Waals surface area contributed by atoms with E-state index in [-0.39, 0.29) is 11.0 Å². The highest BCUT2D eigenvalue weighted by Gasteiger charge is 2.42. The monoisotopic (exact) mass is 419 g/mol. The fraction of sp³-hybridized carbons (Fsp3) is 0.586. The maximum absolute atomic E-state index is 5.60. The van der Waals surface area contributed by atoms with Gasteiger partial charge in [0, 0.05) is 24.0 Å². The summed E-state index contributed by atoms with van der Waals surface area (Å²) in [5.74, 6) is 0. The Balaban J connectivity index is 1.72. The van der Waals surface area contributed by atoms with Gasteiger partial charge in [-0.2, -0.15) is 0 Å². The number of nitrogens with zero attached hydrogens (tertiary/aromatic N) is 1. The van der Waals surface area contributed by atoms with E-state index < -0.39 is 0 Å². The van der Waals surface area contributed by atoms with Crippen LogP contribution in [0.1, 0.15) is 82.9 Å². The molecule has 2 nitrogen and oxygen atoms in total. The Labute approximate surface area is 190 Å². The molecule has 2 aromatic rings. The number of ether oxygens (including phenoxy) is 1. The van der Waals surface area contributed by atoms with Gasteiger partial charge in [0.25, 0.3) is 0 Å². The molecule has 0 bridgehead atoms. The van der Waals surface area contributed by atoms with E-state index in [4.69, 9.17) is 4.74 Å². The van der Waals surface area contributed by atoms with Crippen LogP contribution in [0.4, 0.5) is 0 Å². The predicted octanol–water partition coefficient (Wildman–Crippen LogP) is 6.99. The van der Waals surface area contributed by atoms with Crippen molar-refractivity contribution < 1.29 is 4.74 Å². The molecule has 1 heterocycles. The minimum absolute atomic E-state index is 0.152. The second kappa shape index (κ2) is 9.46. The van der Waals surface area contributed by atoms with E-state index in [2.05, 4.69) is 75.1 Å². The van der Waals surface area contributed by atoms with Crippen molar-refractivity contribution >= 4 is 0 Å². The van der Waals surface area contributed by atoms with Gasteiger partial charge in [0.15, 0.2) is 0 Å². The zero-order chi connectivity index (χ0) is 21.9. The van der Waals surface area contributed by atoms with Crippen LogP contribution < -0.4 is 0 Å². The lowest BCUT2D eigenvalue weighted by Gasteiger charge is -2.41. The molecule has 4 rings (SSSR count). The topological polar surface area (TPSA) is 12.5 Å². The summed E-state index contributed by atoms with van der Waals surface area (Å²) in [5, 5.41) is 0. The summed E-state index contributed by atoms with van der Waals surface area (Å²) in [5.41, 5.74) is 7.97. The Morgan fingerprint density at radius 2 is 1.52 bits per heavy atom. The molecular weight excluding hydrogens is 378 g/mol. The van der Waals surface area contributed by atoms with Crippen molar-refractivity contribution in [2.24, 2.45) is 0 Å². The maximum atomic E-state index is 5.60. The Morgan fingerprint density at radius 1 is 0.871 bits per heavy atom. The van der Waals surface area contributed by atoms with Gasteiger partial charge in [-0.15, -0.1) is 0 Å². The van der Waals surface area contributed by atoms with E-state index in [1.807, 2.05) is 0 Å². The van der Waals surface area contributed by atoms with Gasteiger partial charge in [-0.05, 0) is 60.9 Å². The second-order valence-electron chi connectivity index (χ2n) is 10.3. The molecule has 31 heavy (non-hydrogen) atoms. The Kier molecular flexibility index (Phi) is 6.89. The van der Waals surface area contributed by atoms with Gasteiger partial charge in [0.2, 0.25) is 0 Å². The second-order valence-corrected chi connectivity index (χ2v) is 10.3. The highest BCUT2D eigenvalue weighted by Crippen LogP contribution is 2.54. The van der Waals surface area contributed by atoms with Gasteiger partial charge in [0.1, 0.15) is 0 Å². The average molecular weight is 420 g/mol. The molecule has 1 aliphatic heterocycles. The first-order chi connectivity index (χ1) is 15.0. The van der Waals surface area contributed by atoms with Gasteiger partial charge >= 0.3 is 0 Å². The van der Waals surface area contributed by atoms with E-state index in [0.717, 1.165) is 32.7 Å². The molecule has 0 unspecified atom stereocenters. The van der Waals surface area contributed by atoms with Crippen molar-refractivity contribution in [1.82, 2.24) is 4.90 Å². The van der Waals surface area contributed by atoms with Crippen LogP contribution in [0.15, 0.2) is 42.5 Å². The number of unbranched alkanes of at least 4 members (excludes halogenated alkanes) is 2. The van der Waals surface area contributed by atoms with Crippen LogP contribution in [-0.4, -0.2) is 36.7 Å². The Bertz CT molecular complexity index is 870. The highest BCUT2D eigenvalue weighted by atomic mass is 16.5. The van der Waals surface area contributed by atoms with E-state index >= 15 is 0 Å².